The van der Waals surface area contributed by atoms with Gasteiger partial charge in [0.15, 0.2) is 5.50 Å². The molecule has 2 aliphatic rings. The van der Waals surface area contributed by atoms with Crippen LogP contribution in [0.1, 0.15) is 18.9 Å². The Bertz CT molecular complexity index is 747. The lowest BCUT2D eigenvalue weighted by Gasteiger charge is -2.15. The SMILES string of the molecule is CC(C1=CC=C(c2ccccc2)C(F)=CC1)C1=CNC(N=CN)S1. The van der Waals surface area contributed by atoms with Crippen LogP contribution in [0.2, 0.25) is 0 Å². The molecule has 1 aromatic rings. The van der Waals surface area contributed by atoms with Gasteiger partial charge in [0.1, 0.15) is 5.83 Å². The van der Waals surface area contributed by atoms with Gasteiger partial charge in [-0.15, -0.1) is 0 Å². The minimum atomic E-state index is -0.170. The summed E-state index contributed by atoms with van der Waals surface area (Å²) in [6.45, 7) is 2.13. The van der Waals surface area contributed by atoms with Crippen LogP contribution in [-0.2, 0) is 0 Å². The second kappa shape index (κ2) is 7.53. The maximum Gasteiger partial charge on any atom is 0.172 e. The highest BCUT2D eigenvalue weighted by Gasteiger charge is 2.23. The van der Waals surface area contributed by atoms with Crippen LogP contribution in [0.4, 0.5) is 4.39 Å². The van der Waals surface area contributed by atoms with E-state index in [1.54, 1.807) is 17.8 Å². The van der Waals surface area contributed by atoms with Gasteiger partial charge in [0.25, 0.3) is 0 Å². The number of rotatable bonds is 4. The van der Waals surface area contributed by atoms with E-state index in [1.807, 2.05) is 48.7 Å². The molecule has 0 saturated carbocycles. The first-order valence-corrected chi connectivity index (χ1v) is 8.75. The topological polar surface area (TPSA) is 50.4 Å². The average Bonchev–Trinajstić information content (AvgIpc) is 2.98. The maximum absolute atomic E-state index is 14.5. The van der Waals surface area contributed by atoms with E-state index in [1.165, 1.54) is 16.8 Å². The highest BCUT2D eigenvalue weighted by atomic mass is 32.2. The Labute approximate surface area is 145 Å². The number of nitrogens with two attached hydrogens (primary N) is 1. The first-order valence-electron chi connectivity index (χ1n) is 7.87. The van der Waals surface area contributed by atoms with Crippen molar-refractivity contribution in [3.05, 3.63) is 76.6 Å². The summed E-state index contributed by atoms with van der Waals surface area (Å²) in [5.74, 6) is 0.0346. The van der Waals surface area contributed by atoms with E-state index in [2.05, 4.69) is 17.2 Å². The summed E-state index contributed by atoms with van der Waals surface area (Å²) in [4.78, 5) is 5.32. The number of nitrogens with zero attached hydrogens (tertiary/aromatic N) is 1. The van der Waals surface area contributed by atoms with Crippen molar-refractivity contribution in [1.29, 1.82) is 0 Å². The molecule has 0 bridgehead atoms. The molecule has 0 saturated heterocycles. The molecule has 0 radical (unpaired) electrons. The third-order valence-electron chi connectivity index (χ3n) is 4.14. The summed E-state index contributed by atoms with van der Waals surface area (Å²) in [6.07, 6.45) is 9.46. The zero-order valence-corrected chi connectivity index (χ0v) is 14.3. The van der Waals surface area contributed by atoms with Crippen LogP contribution in [-0.4, -0.2) is 11.8 Å². The molecule has 0 fully saturated rings. The Balaban J connectivity index is 1.80. The van der Waals surface area contributed by atoms with Crippen LogP contribution in [0.5, 0.6) is 0 Å². The predicted octanol–water partition coefficient (Wildman–Crippen LogP) is 4.34. The van der Waals surface area contributed by atoms with Gasteiger partial charge in [-0.1, -0.05) is 66.7 Å². The summed E-state index contributed by atoms with van der Waals surface area (Å²) in [6, 6.07) is 9.63. The van der Waals surface area contributed by atoms with Crippen molar-refractivity contribution in [2.45, 2.75) is 18.8 Å². The van der Waals surface area contributed by atoms with Crippen LogP contribution in [0.25, 0.3) is 5.57 Å². The fourth-order valence-electron chi connectivity index (χ4n) is 2.74. The molecule has 1 aliphatic carbocycles. The molecule has 2 atom stereocenters. The number of hydrogen-bond donors (Lipinski definition) is 2. The van der Waals surface area contributed by atoms with Crippen molar-refractivity contribution < 1.29 is 4.39 Å². The fourth-order valence-corrected chi connectivity index (χ4v) is 3.76. The molecule has 0 amide bonds. The Hall–Kier alpha value is -2.27. The van der Waals surface area contributed by atoms with E-state index in [0.717, 1.165) is 5.56 Å². The van der Waals surface area contributed by atoms with Crippen molar-refractivity contribution in [1.82, 2.24) is 5.32 Å². The van der Waals surface area contributed by atoms with E-state index < -0.39 is 0 Å². The van der Waals surface area contributed by atoms with Crippen molar-refractivity contribution in [2.24, 2.45) is 16.6 Å². The molecular formula is C19H20FN3S. The van der Waals surface area contributed by atoms with Gasteiger partial charge in [-0.2, -0.15) is 0 Å². The van der Waals surface area contributed by atoms with Crippen LogP contribution in [0, 0.1) is 5.92 Å². The van der Waals surface area contributed by atoms with Gasteiger partial charge in [0.2, 0.25) is 0 Å². The summed E-state index contributed by atoms with van der Waals surface area (Å²) >= 11 is 1.64. The van der Waals surface area contributed by atoms with Gasteiger partial charge in [-0.25, -0.2) is 9.38 Å². The van der Waals surface area contributed by atoms with Gasteiger partial charge >= 0.3 is 0 Å². The third-order valence-corrected chi connectivity index (χ3v) is 5.37. The lowest BCUT2D eigenvalue weighted by molar-refractivity contribution is 0.667. The smallest absolute Gasteiger partial charge is 0.172 e. The van der Waals surface area contributed by atoms with E-state index in [0.29, 0.717) is 12.0 Å². The van der Waals surface area contributed by atoms with Gasteiger partial charge in [0.05, 0.1) is 6.34 Å². The number of halogens is 1. The zero-order chi connectivity index (χ0) is 16.9. The number of nitrogens with one attached hydrogen (secondary N) is 1. The number of benzene rings is 1. The van der Waals surface area contributed by atoms with Gasteiger partial charge in [-0.05, 0) is 18.1 Å². The monoisotopic (exact) mass is 341 g/mol. The highest BCUT2D eigenvalue weighted by Crippen LogP contribution is 2.38. The number of hydrogen-bond acceptors (Lipinski definition) is 3. The Morgan fingerprint density at radius 2 is 2.12 bits per heavy atom. The summed E-state index contributed by atoms with van der Waals surface area (Å²) in [5.41, 5.74) is 7.98. The quantitative estimate of drug-likeness (QED) is 0.633. The molecule has 5 heteroatoms. The van der Waals surface area contributed by atoms with Gasteiger partial charge in [-0.3, -0.25) is 0 Å². The van der Waals surface area contributed by atoms with Crippen LogP contribution in [0.15, 0.2) is 76.1 Å². The molecule has 1 aliphatic heterocycles. The zero-order valence-electron chi connectivity index (χ0n) is 13.4. The maximum atomic E-state index is 14.5. The molecule has 0 spiro atoms. The van der Waals surface area contributed by atoms with Crippen LogP contribution in [0.3, 0.4) is 0 Å². The van der Waals surface area contributed by atoms with Crippen molar-refractivity contribution in [2.75, 3.05) is 0 Å². The Morgan fingerprint density at radius 3 is 2.88 bits per heavy atom. The minimum Gasteiger partial charge on any atom is -0.390 e. The van der Waals surface area contributed by atoms with E-state index in [4.69, 9.17) is 5.73 Å². The van der Waals surface area contributed by atoms with E-state index in [-0.39, 0.29) is 17.2 Å². The predicted molar refractivity (Wildman–Crippen MR) is 101 cm³/mol. The molecule has 3 nitrogen and oxygen atoms in total. The number of aliphatic imine (C=N–C) groups is 1. The largest absolute Gasteiger partial charge is 0.390 e. The molecular weight excluding hydrogens is 321 g/mol. The highest BCUT2D eigenvalue weighted by molar-refractivity contribution is 8.03. The van der Waals surface area contributed by atoms with Crippen molar-refractivity contribution in [3.8, 4) is 0 Å². The Kier molecular flexibility index (Phi) is 5.20. The normalized spacial score (nSPS) is 22.2. The third kappa shape index (κ3) is 3.62. The standard InChI is InChI=1S/C19H20FN3S/c1-13(18-11-22-19(24-18)23-12-21)14-7-9-16(17(20)10-8-14)15-5-3-2-4-6-15/h2-7,9-13,19,22H,8H2,1H3,(H2,21,23). The Morgan fingerprint density at radius 1 is 1.33 bits per heavy atom. The molecule has 2 unspecified atom stereocenters. The molecule has 3 N–H and O–H groups in total. The molecule has 24 heavy (non-hydrogen) atoms. The second-order valence-electron chi connectivity index (χ2n) is 5.65. The molecule has 0 aromatic heterocycles. The number of thioether (sulfide) groups is 1. The lowest BCUT2D eigenvalue weighted by Crippen LogP contribution is -2.13. The van der Waals surface area contributed by atoms with E-state index >= 15 is 0 Å². The fraction of sp³-hybridized carbons (Fsp3) is 0.211. The number of allylic oxidation sites excluding steroid dienone is 7. The summed E-state index contributed by atoms with van der Waals surface area (Å²) < 4.78 is 14.5. The molecule has 1 aromatic carbocycles. The van der Waals surface area contributed by atoms with Gasteiger partial charge < -0.3 is 11.1 Å². The van der Waals surface area contributed by atoms with Crippen LogP contribution >= 0.6 is 11.8 Å². The van der Waals surface area contributed by atoms with Crippen LogP contribution < -0.4 is 11.1 Å². The summed E-state index contributed by atoms with van der Waals surface area (Å²) in [5, 5.41) is 3.18. The second-order valence-corrected chi connectivity index (χ2v) is 6.80. The lowest BCUT2D eigenvalue weighted by atomic mass is 9.97. The molecule has 3 rings (SSSR count). The molecule has 1 heterocycles. The van der Waals surface area contributed by atoms with Crippen molar-refractivity contribution in [3.63, 3.8) is 0 Å². The average molecular weight is 341 g/mol. The molecule has 124 valence electrons. The van der Waals surface area contributed by atoms with E-state index in [9.17, 15) is 4.39 Å². The van der Waals surface area contributed by atoms with Gasteiger partial charge in [0, 0.05) is 22.6 Å². The summed E-state index contributed by atoms with van der Waals surface area (Å²) in [7, 11) is 0. The minimum absolute atomic E-state index is 0.0680. The first kappa shape index (κ1) is 16.6. The first-order chi connectivity index (χ1) is 11.7. The van der Waals surface area contributed by atoms with Crippen molar-refractivity contribution >= 4 is 23.7 Å².